The highest BCUT2D eigenvalue weighted by Gasteiger charge is 2.26. The fourth-order valence-electron chi connectivity index (χ4n) is 3.16. The van der Waals surface area contributed by atoms with Crippen molar-refractivity contribution in [2.45, 2.75) is 11.3 Å². The lowest BCUT2D eigenvalue weighted by Gasteiger charge is -2.14. The van der Waals surface area contributed by atoms with E-state index in [-0.39, 0.29) is 52.8 Å². The van der Waals surface area contributed by atoms with Gasteiger partial charge in [0.2, 0.25) is 0 Å². The smallest absolute Gasteiger partial charge is 0.259 e. The first kappa shape index (κ1) is 24.0. The zero-order chi connectivity index (χ0) is 21.0. The van der Waals surface area contributed by atoms with Crippen LogP contribution < -0.4 is 14.8 Å². The molecule has 1 aliphatic heterocycles. The van der Waals surface area contributed by atoms with E-state index in [1.807, 2.05) is 0 Å². The van der Waals surface area contributed by atoms with E-state index in [1.54, 1.807) is 0 Å². The number of amides is 1. The molecular formula is C20H24FNO6S2. The second-order valence-corrected chi connectivity index (χ2v) is 8.68. The number of benzene rings is 2. The molecule has 10 heteroatoms. The van der Waals surface area contributed by atoms with Gasteiger partial charge in [0.05, 0.1) is 37.0 Å². The van der Waals surface area contributed by atoms with Gasteiger partial charge in [-0.1, -0.05) is 6.07 Å². The SMILES string of the molecule is COc1ccc(S(=O)(=O)C[C@H]2CCOC2)cc1C(=O)Nc1c(F)cccc1OC.S. The summed E-state index contributed by atoms with van der Waals surface area (Å²) in [7, 11) is -0.920. The average molecular weight is 458 g/mol. The van der Waals surface area contributed by atoms with E-state index < -0.39 is 21.6 Å². The molecule has 1 atom stereocenters. The molecule has 7 nitrogen and oxygen atoms in total. The second-order valence-electron chi connectivity index (χ2n) is 6.64. The predicted molar refractivity (Wildman–Crippen MR) is 115 cm³/mol. The second kappa shape index (κ2) is 10.1. The van der Waals surface area contributed by atoms with Crippen molar-refractivity contribution in [2.24, 2.45) is 5.92 Å². The Morgan fingerprint density at radius 2 is 1.93 bits per heavy atom. The Morgan fingerprint density at radius 1 is 1.20 bits per heavy atom. The summed E-state index contributed by atoms with van der Waals surface area (Å²) >= 11 is 0. The minimum Gasteiger partial charge on any atom is -0.496 e. The van der Waals surface area contributed by atoms with E-state index in [0.717, 1.165) is 0 Å². The Kier molecular flexibility index (Phi) is 8.10. The van der Waals surface area contributed by atoms with Crippen LogP contribution in [-0.4, -0.2) is 47.5 Å². The molecule has 1 aliphatic rings. The van der Waals surface area contributed by atoms with Crippen LogP contribution in [0.4, 0.5) is 10.1 Å². The molecule has 0 aromatic heterocycles. The molecule has 0 radical (unpaired) electrons. The number of hydrogen-bond acceptors (Lipinski definition) is 6. The number of carbonyl (C=O) groups is 1. The van der Waals surface area contributed by atoms with Crippen LogP contribution >= 0.6 is 13.5 Å². The maximum Gasteiger partial charge on any atom is 0.259 e. The highest BCUT2D eigenvalue weighted by molar-refractivity contribution is 7.91. The molecule has 0 saturated carbocycles. The van der Waals surface area contributed by atoms with Crippen molar-refractivity contribution < 1.29 is 31.8 Å². The summed E-state index contributed by atoms with van der Waals surface area (Å²) in [4.78, 5) is 12.8. The van der Waals surface area contributed by atoms with Crippen LogP contribution in [0.5, 0.6) is 11.5 Å². The molecule has 2 aromatic carbocycles. The number of para-hydroxylation sites is 1. The number of halogens is 1. The summed E-state index contributed by atoms with van der Waals surface area (Å²) in [6.45, 7) is 0.941. The fraction of sp³-hybridized carbons (Fsp3) is 0.350. The van der Waals surface area contributed by atoms with Gasteiger partial charge in [0.1, 0.15) is 17.2 Å². The van der Waals surface area contributed by atoms with Gasteiger partial charge >= 0.3 is 0 Å². The highest BCUT2D eigenvalue weighted by atomic mass is 32.2. The van der Waals surface area contributed by atoms with E-state index in [2.05, 4.69) is 5.32 Å². The minimum absolute atomic E-state index is 0. The third-order valence-electron chi connectivity index (χ3n) is 4.69. The van der Waals surface area contributed by atoms with Crippen molar-refractivity contribution in [2.75, 3.05) is 38.5 Å². The van der Waals surface area contributed by atoms with E-state index >= 15 is 0 Å². The Balaban J connectivity index is 0.00000320. The van der Waals surface area contributed by atoms with E-state index in [4.69, 9.17) is 14.2 Å². The Bertz CT molecular complexity index is 1010. The molecule has 1 fully saturated rings. The number of ether oxygens (including phenoxy) is 3. The number of sulfone groups is 1. The van der Waals surface area contributed by atoms with Gasteiger partial charge in [-0.05, 0) is 42.7 Å². The van der Waals surface area contributed by atoms with Gasteiger partial charge in [-0.15, -0.1) is 0 Å². The predicted octanol–water partition coefficient (Wildman–Crippen LogP) is 3.02. The van der Waals surface area contributed by atoms with Crippen LogP contribution in [0.1, 0.15) is 16.8 Å². The van der Waals surface area contributed by atoms with Gasteiger partial charge in [-0.25, -0.2) is 12.8 Å². The van der Waals surface area contributed by atoms with Gasteiger partial charge in [0, 0.05) is 6.61 Å². The molecule has 1 N–H and O–H groups in total. The van der Waals surface area contributed by atoms with Crippen molar-refractivity contribution >= 4 is 34.9 Å². The topological polar surface area (TPSA) is 90.9 Å². The van der Waals surface area contributed by atoms with Crippen LogP contribution in [0.2, 0.25) is 0 Å². The molecule has 1 heterocycles. The number of rotatable bonds is 7. The maximum absolute atomic E-state index is 14.2. The van der Waals surface area contributed by atoms with Crippen molar-refractivity contribution in [1.82, 2.24) is 0 Å². The van der Waals surface area contributed by atoms with Crippen molar-refractivity contribution in [3.05, 3.63) is 47.8 Å². The summed E-state index contributed by atoms with van der Waals surface area (Å²) < 4.78 is 55.2. The Labute approximate surface area is 181 Å². The van der Waals surface area contributed by atoms with Crippen LogP contribution in [-0.2, 0) is 14.6 Å². The Hall–Kier alpha value is -2.30. The lowest BCUT2D eigenvalue weighted by molar-refractivity contribution is 0.102. The number of nitrogens with one attached hydrogen (secondary N) is 1. The van der Waals surface area contributed by atoms with Crippen LogP contribution in [0.15, 0.2) is 41.3 Å². The van der Waals surface area contributed by atoms with Crippen LogP contribution in [0.25, 0.3) is 0 Å². The summed E-state index contributed by atoms with van der Waals surface area (Å²) in [5, 5.41) is 2.44. The number of anilines is 1. The van der Waals surface area contributed by atoms with Crippen molar-refractivity contribution in [1.29, 1.82) is 0 Å². The van der Waals surface area contributed by atoms with Crippen molar-refractivity contribution in [3.63, 3.8) is 0 Å². The molecule has 0 bridgehead atoms. The third kappa shape index (κ3) is 5.24. The molecule has 1 saturated heterocycles. The summed E-state index contributed by atoms with van der Waals surface area (Å²) in [5.74, 6) is -1.24. The zero-order valence-electron chi connectivity index (χ0n) is 16.6. The molecule has 2 aromatic rings. The quantitative estimate of drug-likeness (QED) is 0.687. The minimum atomic E-state index is -3.63. The molecule has 3 rings (SSSR count). The first-order valence-corrected chi connectivity index (χ1v) is 10.6. The largest absolute Gasteiger partial charge is 0.496 e. The first-order chi connectivity index (χ1) is 13.9. The lowest BCUT2D eigenvalue weighted by Crippen LogP contribution is -2.19. The maximum atomic E-state index is 14.2. The molecule has 0 spiro atoms. The fourth-order valence-corrected chi connectivity index (χ4v) is 4.80. The number of methoxy groups -OCH3 is 2. The summed E-state index contributed by atoms with van der Waals surface area (Å²) in [5.41, 5.74) is -0.167. The average Bonchev–Trinajstić information content (AvgIpc) is 3.21. The standard InChI is InChI=1S/C20H22FNO6S.H2S/c1-26-17-7-6-14(29(24,25)12-13-8-9-28-11-13)10-15(17)20(23)22-19-16(21)4-3-5-18(19)27-2;/h3-7,10,13H,8-9,11-12H2,1-2H3,(H,22,23);1H2/t13-;/m0./s1. The van der Waals surface area contributed by atoms with Gasteiger partial charge in [-0.2, -0.15) is 13.5 Å². The molecule has 0 unspecified atom stereocenters. The van der Waals surface area contributed by atoms with Gasteiger partial charge < -0.3 is 19.5 Å². The van der Waals surface area contributed by atoms with Crippen LogP contribution in [0.3, 0.4) is 0 Å². The lowest BCUT2D eigenvalue weighted by atomic mass is 10.1. The van der Waals surface area contributed by atoms with E-state index in [0.29, 0.717) is 19.6 Å². The molecule has 30 heavy (non-hydrogen) atoms. The van der Waals surface area contributed by atoms with Gasteiger partial charge in [-0.3, -0.25) is 4.79 Å². The summed E-state index contributed by atoms with van der Waals surface area (Å²) in [6.07, 6.45) is 0.676. The van der Waals surface area contributed by atoms with Crippen LogP contribution in [0, 0.1) is 11.7 Å². The Morgan fingerprint density at radius 3 is 2.57 bits per heavy atom. The number of carbonyl (C=O) groups excluding carboxylic acids is 1. The number of hydrogen-bond donors (Lipinski definition) is 1. The van der Waals surface area contributed by atoms with Gasteiger partial charge in [0.25, 0.3) is 5.91 Å². The first-order valence-electron chi connectivity index (χ1n) is 8.98. The van der Waals surface area contributed by atoms with E-state index in [9.17, 15) is 17.6 Å². The molecule has 164 valence electrons. The summed E-state index contributed by atoms with van der Waals surface area (Å²) in [6, 6.07) is 8.17. The molecule has 0 aliphatic carbocycles. The van der Waals surface area contributed by atoms with Gasteiger partial charge in [0.15, 0.2) is 15.7 Å². The van der Waals surface area contributed by atoms with Crippen molar-refractivity contribution in [3.8, 4) is 11.5 Å². The zero-order valence-corrected chi connectivity index (χ0v) is 18.4. The third-order valence-corrected chi connectivity index (χ3v) is 6.57. The van der Waals surface area contributed by atoms with E-state index in [1.165, 1.54) is 50.6 Å². The normalized spacial score (nSPS) is 15.9. The highest BCUT2D eigenvalue weighted by Crippen LogP contribution is 2.30. The molecule has 1 amide bonds. The monoisotopic (exact) mass is 457 g/mol. The molecular weight excluding hydrogens is 433 g/mol.